The maximum absolute atomic E-state index is 12.0. The summed E-state index contributed by atoms with van der Waals surface area (Å²) < 4.78 is 0. The molecule has 0 aliphatic carbocycles. The number of nitrogens with zero attached hydrogens (tertiary/aromatic N) is 1. The van der Waals surface area contributed by atoms with E-state index >= 15 is 0 Å². The fraction of sp³-hybridized carbons (Fsp3) is 0.250. The first-order valence-electron chi connectivity index (χ1n) is 6.78. The van der Waals surface area contributed by atoms with Crippen molar-refractivity contribution >= 4 is 17.4 Å². The molecule has 1 heterocycles. The van der Waals surface area contributed by atoms with E-state index < -0.39 is 0 Å². The van der Waals surface area contributed by atoms with E-state index in [1.807, 2.05) is 24.3 Å². The molecule has 0 fully saturated rings. The molecule has 1 aromatic heterocycles. The van der Waals surface area contributed by atoms with Gasteiger partial charge in [-0.2, -0.15) is 0 Å². The maximum Gasteiger partial charge on any atom is 0.256 e. The first-order chi connectivity index (χ1) is 9.69. The van der Waals surface area contributed by atoms with Gasteiger partial charge in [0.25, 0.3) is 5.91 Å². The molecule has 20 heavy (non-hydrogen) atoms. The fourth-order valence-corrected chi connectivity index (χ4v) is 1.72. The Kier molecular flexibility index (Phi) is 4.71. The predicted molar refractivity (Wildman–Crippen MR) is 82.0 cm³/mol. The monoisotopic (exact) mass is 269 g/mol. The lowest BCUT2D eigenvalue weighted by atomic mass is 10.2. The maximum atomic E-state index is 12.0. The van der Waals surface area contributed by atoms with Gasteiger partial charge in [-0.3, -0.25) is 4.79 Å². The molecule has 0 saturated heterocycles. The van der Waals surface area contributed by atoms with E-state index in [0.717, 1.165) is 12.1 Å². The van der Waals surface area contributed by atoms with Crippen LogP contribution in [0.1, 0.15) is 30.6 Å². The van der Waals surface area contributed by atoms with Crippen LogP contribution in [0.2, 0.25) is 0 Å². The molecule has 0 bridgehead atoms. The number of amides is 1. The number of carbonyl (C=O) groups is 1. The molecule has 4 nitrogen and oxygen atoms in total. The van der Waals surface area contributed by atoms with Gasteiger partial charge in [-0.05, 0) is 37.6 Å². The summed E-state index contributed by atoms with van der Waals surface area (Å²) in [5.41, 5.74) is 1.58. The van der Waals surface area contributed by atoms with Gasteiger partial charge in [-0.15, -0.1) is 0 Å². The molecule has 2 N–H and O–H groups in total. The number of anilines is 2. The van der Waals surface area contributed by atoms with Gasteiger partial charge in [0.1, 0.15) is 5.82 Å². The second-order valence-electron chi connectivity index (χ2n) is 4.71. The summed E-state index contributed by atoms with van der Waals surface area (Å²) in [5.74, 6) is 0.397. The van der Waals surface area contributed by atoms with Crippen LogP contribution in [0.5, 0.6) is 0 Å². The highest BCUT2D eigenvalue weighted by Gasteiger charge is 2.06. The molecular weight excluding hydrogens is 250 g/mol. The van der Waals surface area contributed by atoms with Gasteiger partial charge in [0.05, 0.1) is 11.9 Å². The highest BCUT2D eigenvalue weighted by atomic mass is 16.1. The predicted octanol–water partition coefficient (Wildman–Crippen LogP) is 3.54. The van der Waals surface area contributed by atoms with Gasteiger partial charge < -0.3 is 10.6 Å². The average Bonchev–Trinajstić information content (AvgIpc) is 2.50. The number of hydrogen-bond acceptors (Lipinski definition) is 3. The minimum Gasteiger partial charge on any atom is -0.381 e. The molecule has 1 unspecified atom stereocenters. The topological polar surface area (TPSA) is 54.0 Å². The molecule has 1 aromatic carbocycles. The minimum atomic E-state index is -0.152. The third kappa shape index (κ3) is 3.82. The summed E-state index contributed by atoms with van der Waals surface area (Å²) in [7, 11) is 0. The van der Waals surface area contributed by atoms with E-state index in [2.05, 4.69) is 29.5 Å². The zero-order valence-corrected chi connectivity index (χ0v) is 11.8. The first kappa shape index (κ1) is 14.1. The Morgan fingerprint density at radius 1 is 1.20 bits per heavy atom. The van der Waals surface area contributed by atoms with E-state index in [1.165, 1.54) is 0 Å². The van der Waals surface area contributed by atoms with Crippen molar-refractivity contribution in [3.05, 3.63) is 54.2 Å². The van der Waals surface area contributed by atoms with Gasteiger partial charge in [0.15, 0.2) is 0 Å². The van der Waals surface area contributed by atoms with Gasteiger partial charge in [-0.1, -0.05) is 25.1 Å². The fourth-order valence-electron chi connectivity index (χ4n) is 1.72. The molecule has 4 heteroatoms. The number of hydrogen-bond donors (Lipinski definition) is 2. The molecule has 0 aliphatic rings. The second kappa shape index (κ2) is 6.70. The summed E-state index contributed by atoms with van der Waals surface area (Å²) in [6, 6.07) is 13.2. The Labute approximate surface area is 119 Å². The second-order valence-corrected chi connectivity index (χ2v) is 4.71. The number of aromatic nitrogens is 1. The molecular formula is C16H19N3O. The smallest absolute Gasteiger partial charge is 0.256 e. The molecule has 2 aromatic rings. The minimum absolute atomic E-state index is 0.152. The van der Waals surface area contributed by atoms with Crippen LogP contribution in [0.4, 0.5) is 11.5 Å². The first-order valence-corrected chi connectivity index (χ1v) is 6.78. The largest absolute Gasteiger partial charge is 0.381 e. The summed E-state index contributed by atoms with van der Waals surface area (Å²) >= 11 is 0. The van der Waals surface area contributed by atoms with Crippen LogP contribution < -0.4 is 10.6 Å². The van der Waals surface area contributed by atoms with Crippen molar-refractivity contribution in [1.29, 1.82) is 0 Å². The number of nitrogens with one attached hydrogen (secondary N) is 2. The van der Waals surface area contributed by atoms with E-state index in [4.69, 9.17) is 0 Å². The summed E-state index contributed by atoms with van der Waals surface area (Å²) in [4.78, 5) is 16.2. The number of rotatable bonds is 5. The molecule has 104 valence electrons. The lowest BCUT2D eigenvalue weighted by molar-refractivity contribution is 0.102. The van der Waals surface area contributed by atoms with Crippen molar-refractivity contribution in [2.75, 3.05) is 10.6 Å². The third-order valence-corrected chi connectivity index (χ3v) is 3.07. The summed E-state index contributed by atoms with van der Waals surface area (Å²) in [6.07, 6.45) is 2.78. The summed E-state index contributed by atoms with van der Waals surface area (Å²) in [5, 5.41) is 6.10. The molecule has 0 aliphatic heterocycles. The Balaban J connectivity index is 1.99. The van der Waals surface area contributed by atoms with E-state index in [0.29, 0.717) is 17.4 Å². The van der Waals surface area contributed by atoms with Crippen molar-refractivity contribution in [3.63, 3.8) is 0 Å². The van der Waals surface area contributed by atoms with Crippen molar-refractivity contribution in [1.82, 2.24) is 4.98 Å². The van der Waals surface area contributed by atoms with Crippen LogP contribution in [-0.2, 0) is 0 Å². The lowest BCUT2D eigenvalue weighted by Crippen LogP contribution is -2.15. The van der Waals surface area contributed by atoms with Crippen molar-refractivity contribution in [2.45, 2.75) is 26.3 Å². The quantitative estimate of drug-likeness (QED) is 0.872. The lowest BCUT2D eigenvalue weighted by Gasteiger charge is -2.12. The Hall–Kier alpha value is -2.36. The van der Waals surface area contributed by atoms with Gasteiger partial charge in [0.2, 0.25) is 0 Å². The number of benzene rings is 1. The van der Waals surface area contributed by atoms with Crippen LogP contribution in [-0.4, -0.2) is 16.9 Å². The van der Waals surface area contributed by atoms with Gasteiger partial charge in [-0.25, -0.2) is 4.98 Å². The molecule has 1 atom stereocenters. The molecule has 0 spiro atoms. The van der Waals surface area contributed by atoms with Crippen LogP contribution in [0.15, 0.2) is 48.7 Å². The Morgan fingerprint density at radius 2 is 1.95 bits per heavy atom. The van der Waals surface area contributed by atoms with Crippen molar-refractivity contribution < 1.29 is 4.79 Å². The van der Waals surface area contributed by atoms with Crippen molar-refractivity contribution in [2.24, 2.45) is 0 Å². The van der Waals surface area contributed by atoms with Crippen LogP contribution in [0.25, 0.3) is 0 Å². The van der Waals surface area contributed by atoms with Crippen LogP contribution in [0, 0.1) is 0 Å². The highest BCUT2D eigenvalue weighted by Crippen LogP contribution is 2.12. The standard InChI is InChI=1S/C16H19N3O/c1-3-12(2)18-14-9-10-15(17-11-14)19-16(20)13-7-5-4-6-8-13/h4-12,18H,3H2,1-2H3,(H,17,19,20). The van der Waals surface area contributed by atoms with Gasteiger partial charge >= 0.3 is 0 Å². The van der Waals surface area contributed by atoms with E-state index in [9.17, 15) is 4.79 Å². The SMILES string of the molecule is CCC(C)Nc1ccc(NC(=O)c2ccccc2)nc1. The van der Waals surface area contributed by atoms with E-state index in [-0.39, 0.29) is 5.91 Å². The van der Waals surface area contributed by atoms with Crippen molar-refractivity contribution in [3.8, 4) is 0 Å². The molecule has 0 radical (unpaired) electrons. The van der Waals surface area contributed by atoms with Crippen LogP contribution >= 0.6 is 0 Å². The van der Waals surface area contributed by atoms with Crippen LogP contribution in [0.3, 0.4) is 0 Å². The Bertz CT molecular complexity index is 552. The number of pyridine rings is 1. The summed E-state index contributed by atoms with van der Waals surface area (Å²) in [6.45, 7) is 4.24. The normalized spacial score (nSPS) is 11.7. The van der Waals surface area contributed by atoms with Gasteiger partial charge in [0, 0.05) is 11.6 Å². The van der Waals surface area contributed by atoms with E-state index in [1.54, 1.807) is 24.4 Å². The molecule has 2 rings (SSSR count). The number of carbonyl (C=O) groups excluding carboxylic acids is 1. The molecule has 0 saturated carbocycles. The zero-order valence-electron chi connectivity index (χ0n) is 11.8. The Morgan fingerprint density at radius 3 is 2.55 bits per heavy atom. The third-order valence-electron chi connectivity index (χ3n) is 3.07. The molecule has 1 amide bonds. The highest BCUT2D eigenvalue weighted by molar-refractivity contribution is 6.03. The zero-order chi connectivity index (χ0) is 14.4. The average molecular weight is 269 g/mol.